The summed E-state index contributed by atoms with van der Waals surface area (Å²) >= 11 is 0. The monoisotopic (exact) mass is 316 g/mol. The van der Waals surface area contributed by atoms with Gasteiger partial charge in [0.05, 0.1) is 0 Å². The molecule has 1 aromatic carbocycles. The highest BCUT2D eigenvalue weighted by Gasteiger charge is 2.27. The lowest BCUT2D eigenvalue weighted by Crippen LogP contribution is -2.50. The van der Waals surface area contributed by atoms with E-state index in [0.29, 0.717) is 6.79 Å². The first-order valence-electron chi connectivity index (χ1n) is 9.13. The number of hydrogen-bond donors (Lipinski definition) is 0. The fourth-order valence-electron chi connectivity index (χ4n) is 4.32. The SMILES string of the molecule is C[C@@H]1CCC[C@H](N2CCN(Cc3ccc4c(c3)OCO4)CC2)C1. The summed E-state index contributed by atoms with van der Waals surface area (Å²) in [6.45, 7) is 8.60. The first kappa shape index (κ1) is 15.3. The van der Waals surface area contributed by atoms with Gasteiger partial charge >= 0.3 is 0 Å². The van der Waals surface area contributed by atoms with Crippen molar-refractivity contribution < 1.29 is 9.47 Å². The number of piperazine rings is 1. The predicted octanol–water partition coefficient (Wildman–Crippen LogP) is 3.11. The Morgan fingerprint density at radius 1 is 1.04 bits per heavy atom. The lowest BCUT2D eigenvalue weighted by Gasteiger charge is -2.42. The Morgan fingerprint density at radius 2 is 1.87 bits per heavy atom. The number of fused-ring (bicyclic) bond motifs is 1. The van der Waals surface area contributed by atoms with Crippen molar-refractivity contribution in [3.05, 3.63) is 23.8 Å². The third kappa shape index (κ3) is 3.48. The van der Waals surface area contributed by atoms with Crippen LogP contribution in [0.1, 0.15) is 38.2 Å². The highest BCUT2D eigenvalue weighted by Crippen LogP contribution is 2.33. The summed E-state index contributed by atoms with van der Waals surface area (Å²) in [5, 5.41) is 0. The molecule has 2 atom stereocenters. The van der Waals surface area contributed by atoms with Crippen molar-refractivity contribution in [2.75, 3.05) is 33.0 Å². The van der Waals surface area contributed by atoms with Crippen LogP contribution in [0, 0.1) is 5.92 Å². The maximum Gasteiger partial charge on any atom is 0.231 e. The molecule has 4 rings (SSSR count). The first-order chi connectivity index (χ1) is 11.3. The van der Waals surface area contributed by atoms with Crippen LogP contribution in [0.25, 0.3) is 0 Å². The van der Waals surface area contributed by atoms with E-state index in [1.807, 2.05) is 6.07 Å². The Labute approximate surface area is 139 Å². The number of benzene rings is 1. The van der Waals surface area contributed by atoms with Crippen LogP contribution in [-0.4, -0.2) is 48.8 Å². The number of ether oxygens (including phenoxy) is 2. The molecule has 23 heavy (non-hydrogen) atoms. The molecular formula is C19H28N2O2. The topological polar surface area (TPSA) is 24.9 Å². The minimum absolute atomic E-state index is 0.358. The molecule has 126 valence electrons. The summed E-state index contributed by atoms with van der Waals surface area (Å²) in [4.78, 5) is 5.31. The van der Waals surface area contributed by atoms with Gasteiger partial charge in [-0.15, -0.1) is 0 Å². The predicted molar refractivity (Wildman–Crippen MR) is 90.8 cm³/mol. The smallest absolute Gasteiger partial charge is 0.231 e. The van der Waals surface area contributed by atoms with E-state index in [0.717, 1.165) is 30.0 Å². The van der Waals surface area contributed by atoms with Crippen LogP contribution >= 0.6 is 0 Å². The number of hydrogen-bond acceptors (Lipinski definition) is 4. The molecule has 0 spiro atoms. The zero-order valence-electron chi connectivity index (χ0n) is 14.2. The summed E-state index contributed by atoms with van der Waals surface area (Å²) < 4.78 is 10.9. The molecule has 2 aliphatic heterocycles. The largest absolute Gasteiger partial charge is 0.454 e. The minimum atomic E-state index is 0.358. The van der Waals surface area contributed by atoms with E-state index in [1.54, 1.807) is 0 Å². The van der Waals surface area contributed by atoms with Crippen molar-refractivity contribution in [1.29, 1.82) is 0 Å². The lowest BCUT2D eigenvalue weighted by molar-refractivity contribution is 0.0659. The van der Waals surface area contributed by atoms with Crippen LogP contribution < -0.4 is 9.47 Å². The molecule has 1 aliphatic carbocycles. The summed E-state index contributed by atoms with van der Waals surface area (Å²) in [6, 6.07) is 7.18. The van der Waals surface area contributed by atoms with Gasteiger partial charge in [-0.3, -0.25) is 9.80 Å². The average Bonchev–Trinajstić information content (AvgIpc) is 3.03. The Morgan fingerprint density at radius 3 is 2.70 bits per heavy atom. The fourth-order valence-corrected chi connectivity index (χ4v) is 4.32. The van der Waals surface area contributed by atoms with Gasteiger partial charge < -0.3 is 9.47 Å². The van der Waals surface area contributed by atoms with Crippen LogP contribution in [0.4, 0.5) is 0 Å². The van der Waals surface area contributed by atoms with E-state index in [1.165, 1.54) is 57.4 Å². The van der Waals surface area contributed by atoms with Gasteiger partial charge in [0.1, 0.15) is 0 Å². The van der Waals surface area contributed by atoms with Crippen molar-refractivity contribution >= 4 is 0 Å². The van der Waals surface area contributed by atoms with Crippen LogP contribution in [0.15, 0.2) is 18.2 Å². The van der Waals surface area contributed by atoms with Crippen LogP contribution in [-0.2, 0) is 6.54 Å². The summed E-state index contributed by atoms with van der Waals surface area (Å²) in [5.41, 5.74) is 1.33. The molecule has 0 unspecified atom stereocenters. The summed E-state index contributed by atoms with van der Waals surface area (Å²) in [5.74, 6) is 2.70. The van der Waals surface area contributed by atoms with E-state index in [-0.39, 0.29) is 0 Å². The molecule has 0 radical (unpaired) electrons. The molecule has 0 aromatic heterocycles. The molecule has 3 aliphatic rings. The van der Waals surface area contributed by atoms with Crippen molar-refractivity contribution in [3.8, 4) is 11.5 Å². The molecular weight excluding hydrogens is 288 g/mol. The lowest BCUT2D eigenvalue weighted by atomic mass is 9.86. The molecule has 1 saturated carbocycles. The summed E-state index contributed by atoms with van der Waals surface area (Å²) in [6.07, 6.45) is 5.67. The van der Waals surface area contributed by atoms with Gasteiger partial charge in [-0.05, 0) is 36.5 Å². The minimum Gasteiger partial charge on any atom is -0.454 e. The van der Waals surface area contributed by atoms with Gasteiger partial charge in [0.15, 0.2) is 11.5 Å². The van der Waals surface area contributed by atoms with E-state index < -0.39 is 0 Å². The highest BCUT2D eigenvalue weighted by molar-refractivity contribution is 5.44. The van der Waals surface area contributed by atoms with Crippen LogP contribution in [0.2, 0.25) is 0 Å². The van der Waals surface area contributed by atoms with Gasteiger partial charge in [-0.2, -0.15) is 0 Å². The van der Waals surface area contributed by atoms with Gasteiger partial charge in [0.2, 0.25) is 6.79 Å². The van der Waals surface area contributed by atoms with Gasteiger partial charge in [0, 0.05) is 38.8 Å². The molecule has 0 N–H and O–H groups in total. The van der Waals surface area contributed by atoms with Crippen LogP contribution in [0.5, 0.6) is 11.5 Å². The second-order valence-electron chi connectivity index (χ2n) is 7.43. The van der Waals surface area contributed by atoms with Crippen molar-refractivity contribution in [2.24, 2.45) is 5.92 Å². The maximum absolute atomic E-state index is 5.49. The fraction of sp³-hybridized carbons (Fsp3) is 0.684. The second kappa shape index (κ2) is 6.70. The highest BCUT2D eigenvalue weighted by atomic mass is 16.7. The van der Waals surface area contributed by atoms with Crippen molar-refractivity contribution in [1.82, 2.24) is 9.80 Å². The Kier molecular flexibility index (Phi) is 4.45. The van der Waals surface area contributed by atoms with Gasteiger partial charge in [0.25, 0.3) is 0 Å². The van der Waals surface area contributed by atoms with E-state index in [2.05, 4.69) is 28.9 Å². The van der Waals surface area contributed by atoms with Gasteiger partial charge in [-0.1, -0.05) is 25.8 Å². The zero-order valence-corrected chi connectivity index (χ0v) is 14.2. The molecule has 4 heteroatoms. The third-order valence-electron chi connectivity index (χ3n) is 5.68. The molecule has 1 saturated heterocycles. The molecule has 4 nitrogen and oxygen atoms in total. The van der Waals surface area contributed by atoms with Crippen molar-refractivity contribution in [3.63, 3.8) is 0 Å². The van der Waals surface area contributed by atoms with E-state index in [4.69, 9.17) is 9.47 Å². The molecule has 0 amide bonds. The number of nitrogens with zero attached hydrogens (tertiary/aromatic N) is 2. The molecule has 2 fully saturated rings. The normalized spacial score (nSPS) is 28.9. The zero-order chi connectivity index (χ0) is 15.6. The number of rotatable bonds is 3. The van der Waals surface area contributed by atoms with Crippen molar-refractivity contribution in [2.45, 2.75) is 45.2 Å². The maximum atomic E-state index is 5.49. The van der Waals surface area contributed by atoms with Crippen LogP contribution in [0.3, 0.4) is 0 Å². The average molecular weight is 316 g/mol. The quantitative estimate of drug-likeness (QED) is 0.855. The molecule has 1 aromatic rings. The molecule has 2 heterocycles. The second-order valence-corrected chi connectivity index (χ2v) is 7.43. The standard InChI is InChI=1S/C19H28N2O2/c1-15-3-2-4-17(11-15)21-9-7-20(8-10-21)13-16-5-6-18-19(12-16)23-14-22-18/h5-6,12,15,17H,2-4,7-11,13-14H2,1H3/t15-,17+/m1/s1. The van der Waals surface area contributed by atoms with E-state index >= 15 is 0 Å². The summed E-state index contributed by atoms with van der Waals surface area (Å²) in [7, 11) is 0. The Hall–Kier alpha value is -1.26. The molecule has 0 bridgehead atoms. The Bertz CT molecular complexity index is 540. The first-order valence-corrected chi connectivity index (χ1v) is 9.13. The van der Waals surface area contributed by atoms with E-state index in [9.17, 15) is 0 Å². The van der Waals surface area contributed by atoms with Gasteiger partial charge in [-0.25, -0.2) is 0 Å². The Balaban J connectivity index is 1.30. The third-order valence-corrected chi connectivity index (χ3v) is 5.68.